The van der Waals surface area contributed by atoms with Gasteiger partial charge >= 0.3 is 0 Å². The first-order chi connectivity index (χ1) is 5.04. The summed E-state index contributed by atoms with van der Waals surface area (Å²) in [4.78, 5) is 4.63. The van der Waals surface area contributed by atoms with Crippen LogP contribution in [0.5, 0.6) is 0 Å². The van der Waals surface area contributed by atoms with E-state index < -0.39 is 0 Å². The van der Waals surface area contributed by atoms with Gasteiger partial charge in [-0.05, 0) is 28.1 Å². The van der Waals surface area contributed by atoms with Gasteiger partial charge in [0.05, 0.1) is 0 Å². The minimum Gasteiger partial charge on any atom is -0.303 e. The van der Waals surface area contributed by atoms with E-state index in [1.165, 1.54) is 13.1 Å². The first-order valence-electron chi connectivity index (χ1n) is 4.40. The van der Waals surface area contributed by atoms with Gasteiger partial charge in [0, 0.05) is 18.6 Å². The van der Waals surface area contributed by atoms with Gasteiger partial charge < -0.3 is 9.80 Å². The second-order valence-corrected chi connectivity index (χ2v) is 3.56. The molecule has 0 aliphatic carbocycles. The molecule has 0 aromatic carbocycles. The molecular weight excluding hydrogens is 148 g/mol. The lowest BCUT2D eigenvalue weighted by molar-refractivity contribution is 0.00183. The van der Waals surface area contributed by atoms with Gasteiger partial charge in [0.25, 0.3) is 0 Å². The molecule has 2 heteroatoms. The fourth-order valence-electron chi connectivity index (χ4n) is 1.40. The maximum atomic E-state index is 2.33. The minimum absolute atomic E-state index is 0. The smallest absolute Gasteiger partial charge is 0.0428 e. The van der Waals surface area contributed by atoms with E-state index in [2.05, 4.69) is 37.9 Å². The van der Waals surface area contributed by atoms with Crippen molar-refractivity contribution in [1.29, 1.82) is 0 Å². The van der Waals surface area contributed by atoms with Crippen LogP contribution in [-0.2, 0) is 0 Å². The molecule has 1 saturated heterocycles. The van der Waals surface area contributed by atoms with Crippen molar-refractivity contribution < 1.29 is 0 Å². The van der Waals surface area contributed by atoms with Gasteiger partial charge in [-0.2, -0.15) is 0 Å². The molecule has 0 atom stereocenters. The summed E-state index contributed by atoms with van der Waals surface area (Å²) in [5.74, 6) is 0. The van der Waals surface area contributed by atoms with Gasteiger partial charge in [0.1, 0.15) is 0 Å². The summed E-state index contributed by atoms with van der Waals surface area (Å²) in [7, 11) is 6.45. The monoisotopic (exact) mass is 174 g/mol. The Morgan fingerprint density at radius 1 is 1.17 bits per heavy atom. The van der Waals surface area contributed by atoms with Crippen LogP contribution >= 0.6 is 0 Å². The molecule has 1 heterocycles. The molecule has 0 amide bonds. The van der Waals surface area contributed by atoms with Gasteiger partial charge in [-0.15, -0.1) is 0 Å². The van der Waals surface area contributed by atoms with E-state index in [1.807, 2.05) is 13.8 Å². The summed E-state index contributed by atoms with van der Waals surface area (Å²) in [5.41, 5.74) is 0.453. The van der Waals surface area contributed by atoms with E-state index in [0.717, 1.165) is 0 Å². The Morgan fingerprint density at radius 2 is 1.50 bits per heavy atom. The van der Waals surface area contributed by atoms with Crippen molar-refractivity contribution in [3.63, 3.8) is 0 Å². The fourth-order valence-corrected chi connectivity index (χ4v) is 1.40. The van der Waals surface area contributed by atoms with Gasteiger partial charge in [-0.25, -0.2) is 0 Å². The summed E-state index contributed by atoms with van der Waals surface area (Å²) in [6, 6.07) is 0. The molecule has 0 N–H and O–H groups in total. The molecule has 0 bridgehead atoms. The number of nitrogens with zero attached hydrogens (tertiary/aromatic N) is 2. The Bertz CT molecular complexity index is 104. The number of likely N-dealkylation sites (tertiary alicyclic amines) is 1. The standard InChI is InChI=1S/C7H16N2.C2H6.CH4/c1-7(8(2)3)5-9(4)6-7;1-2;/h5-6H2,1-4H3;1-2H3;1H4. The molecule has 0 spiro atoms. The van der Waals surface area contributed by atoms with Crippen molar-refractivity contribution in [2.45, 2.75) is 33.7 Å². The zero-order chi connectivity index (χ0) is 9.07. The van der Waals surface area contributed by atoms with Gasteiger partial charge in [0.2, 0.25) is 0 Å². The number of likely N-dealkylation sites (N-methyl/N-ethyl adjacent to an activating group) is 2. The van der Waals surface area contributed by atoms with E-state index in [-0.39, 0.29) is 7.43 Å². The molecule has 2 nitrogen and oxygen atoms in total. The van der Waals surface area contributed by atoms with Crippen molar-refractivity contribution >= 4 is 0 Å². The predicted molar refractivity (Wildman–Crippen MR) is 57.7 cm³/mol. The van der Waals surface area contributed by atoms with Crippen molar-refractivity contribution in [3.8, 4) is 0 Å². The molecule has 0 aromatic rings. The van der Waals surface area contributed by atoms with Crippen LogP contribution in [0.4, 0.5) is 0 Å². The third-order valence-electron chi connectivity index (χ3n) is 2.30. The average molecular weight is 174 g/mol. The normalized spacial score (nSPS) is 20.2. The lowest BCUT2D eigenvalue weighted by Gasteiger charge is -2.50. The molecule has 1 fully saturated rings. The predicted octanol–water partition coefficient (Wildman–Crippen LogP) is 1.91. The highest BCUT2D eigenvalue weighted by atomic mass is 15.3. The minimum atomic E-state index is 0. The summed E-state index contributed by atoms with van der Waals surface area (Å²) >= 11 is 0. The molecule has 0 unspecified atom stereocenters. The Hall–Kier alpha value is -0.0800. The van der Waals surface area contributed by atoms with Crippen LogP contribution in [0.2, 0.25) is 0 Å². The highest BCUT2D eigenvalue weighted by Gasteiger charge is 2.37. The lowest BCUT2D eigenvalue weighted by atomic mass is 9.92. The quantitative estimate of drug-likeness (QED) is 0.599. The number of hydrogen-bond acceptors (Lipinski definition) is 2. The van der Waals surface area contributed by atoms with Crippen molar-refractivity contribution in [1.82, 2.24) is 9.80 Å². The van der Waals surface area contributed by atoms with Crippen LogP contribution in [-0.4, -0.2) is 49.6 Å². The van der Waals surface area contributed by atoms with Crippen LogP contribution in [0, 0.1) is 0 Å². The Labute approximate surface area is 78.5 Å². The first-order valence-corrected chi connectivity index (χ1v) is 4.40. The molecule has 0 saturated carbocycles. The van der Waals surface area contributed by atoms with Crippen LogP contribution in [0.1, 0.15) is 28.2 Å². The van der Waals surface area contributed by atoms with Crippen molar-refractivity contribution in [2.24, 2.45) is 0 Å². The molecule has 0 aromatic heterocycles. The Balaban J connectivity index is 0. The van der Waals surface area contributed by atoms with E-state index in [0.29, 0.717) is 5.54 Å². The lowest BCUT2D eigenvalue weighted by Crippen LogP contribution is -2.65. The molecular formula is C10H26N2. The highest BCUT2D eigenvalue weighted by molar-refractivity contribution is 4.96. The second-order valence-electron chi connectivity index (χ2n) is 3.56. The van der Waals surface area contributed by atoms with Gasteiger partial charge in [-0.3, -0.25) is 0 Å². The van der Waals surface area contributed by atoms with Crippen LogP contribution < -0.4 is 0 Å². The molecule has 0 radical (unpaired) electrons. The summed E-state index contributed by atoms with van der Waals surface area (Å²) in [6.07, 6.45) is 0. The molecule has 1 aliphatic heterocycles. The maximum absolute atomic E-state index is 2.33. The van der Waals surface area contributed by atoms with E-state index in [1.54, 1.807) is 0 Å². The van der Waals surface area contributed by atoms with E-state index in [9.17, 15) is 0 Å². The van der Waals surface area contributed by atoms with Gasteiger partial charge in [0.15, 0.2) is 0 Å². The largest absolute Gasteiger partial charge is 0.303 e. The highest BCUT2D eigenvalue weighted by Crippen LogP contribution is 2.22. The number of rotatable bonds is 1. The molecule has 1 aliphatic rings. The Morgan fingerprint density at radius 3 is 1.58 bits per heavy atom. The SMILES string of the molecule is C.CC.CN1CC(C)(N(C)C)C1. The third kappa shape index (κ3) is 3.11. The van der Waals surface area contributed by atoms with E-state index in [4.69, 9.17) is 0 Å². The van der Waals surface area contributed by atoms with Crippen molar-refractivity contribution in [2.75, 3.05) is 34.2 Å². The second kappa shape index (κ2) is 5.55. The molecule has 1 rings (SSSR count). The van der Waals surface area contributed by atoms with Crippen LogP contribution in [0.25, 0.3) is 0 Å². The summed E-state index contributed by atoms with van der Waals surface area (Å²) < 4.78 is 0. The topological polar surface area (TPSA) is 6.48 Å². The van der Waals surface area contributed by atoms with Crippen LogP contribution in [0.15, 0.2) is 0 Å². The zero-order valence-corrected chi connectivity index (χ0v) is 8.81. The maximum Gasteiger partial charge on any atom is 0.0428 e. The molecule has 76 valence electrons. The number of hydrogen-bond donors (Lipinski definition) is 0. The fraction of sp³-hybridized carbons (Fsp3) is 1.00. The zero-order valence-electron chi connectivity index (χ0n) is 8.81. The summed E-state index contributed by atoms with van der Waals surface area (Å²) in [5, 5.41) is 0. The third-order valence-corrected chi connectivity index (χ3v) is 2.30. The van der Waals surface area contributed by atoms with Crippen molar-refractivity contribution in [3.05, 3.63) is 0 Å². The summed E-state index contributed by atoms with van der Waals surface area (Å²) in [6.45, 7) is 8.72. The van der Waals surface area contributed by atoms with E-state index >= 15 is 0 Å². The molecule has 12 heavy (non-hydrogen) atoms. The van der Waals surface area contributed by atoms with Gasteiger partial charge in [-0.1, -0.05) is 21.3 Å². The van der Waals surface area contributed by atoms with Crippen LogP contribution in [0.3, 0.4) is 0 Å². The first kappa shape index (κ1) is 14.4. The average Bonchev–Trinajstić information content (AvgIpc) is 1.89. The Kier molecular flexibility index (Phi) is 6.68.